The second-order valence-corrected chi connectivity index (χ2v) is 8.10. The van der Waals surface area contributed by atoms with Gasteiger partial charge in [0, 0.05) is 23.3 Å². The number of sulfonamides is 1. The van der Waals surface area contributed by atoms with Gasteiger partial charge in [0.1, 0.15) is 0 Å². The van der Waals surface area contributed by atoms with E-state index in [-0.39, 0.29) is 12.5 Å². The van der Waals surface area contributed by atoms with Gasteiger partial charge in [0.05, 0.1) is 11.5 Å². The van der Waals surface area contributed by atoms with Crippen molar-refractivity contribution in [3.05, 3.63) is 52.2 Å². The predicted octanol–water partition coefficient (Wildman–Crippen LogP) is 2.42. The van der Waals surface area contributed by atoms with Gasteiger partial charge in [-0.1, -0.05) is 30.3 Å². The van der Waals surface area contributed by atoms with Gasteiger partial charge in [-0.3, -0.25) is 0 Å². The van der Waals surface area contributed by atoms with Crippen LogP contribution in [0.15, 0.2) is 46.7 Å². The van der Waals surface area contributed by atoms with Gasteiger partial charge in [-0.05, 0) is 24.0 Å². The number of aliphatic hydroxyl groups excluding tert-OH is 1. The Morgan fingerprint density at radius 1 is 1.29 bits per heavy atom. The number of benzene rings is 1. The Morgan fingerprint density at radius 3 is 2.71 bits per heavy atom. The van der Waals surface area contributed by atoms with E-state index < -0.39 is 10.0 Å². The first-order valence-corrected chi connectivity index (χ1v) is 9.16. The maximum Gasteiger partial charge on any atom is 0.243 e. The van der Waals surface area contributed by atoms with Crippen LogP contribution in [0.5, 0.6) is 0 Å². The monoisotopic (exact) mass is 323 g/mol. The van der Waals surface area contributed by atoms with Gasteiger partial charge in [-0.2, -0.15) is 4.31 Å². The van der Waals surface area contributed by atoms with Crippen molar-refractivity contribution in [3.63, 3.8) is 0 Å². The van der Waals surface area contributed by atoms with Crippen molar-refractivity contribution < 1.29 is 13.5 Å². The summed E-state index contributed by atoms with van der Waals surface area (Å²) in [6.07, 6.45) is 0.847. The topological polar surface area (TPSA) is 57.6 Å². The minimum atomic E-state index is -3.44. The molecule has 0 bridgehead atoms. The molecule has 2 aromatic rings. The first kappa shape index (κ1) is 14.7. The molecule has 1 atom stereocenters. The standard InChI is InChI=1S/C15H17NO3S2/c17-10-14-8-15(11-20-14)21(18,19)16-7-6-13(9-16)12-4-2-1-3-5-12/h1-5,8,11,13,17H,6-7,9-10H2. The molecule has 0 saturated carbocycles. The molecule has 1 saturated heterocycles. The lowest BCUT2D eigenvalue weighted by atomic mass is 9.99. The molecule has 1 aliphatic rings. The number of nitrogens with zero attached hydrogens (tertiary/aromatic N) is 1. The predicted molar refractivity (Wildman–Crippen MR) is 82.8 cm³/mol. The van der Waals surface area contributed by atoms with Gasteiger partial charge >= 0.3 is 0 Å². The molecule has 0 amide bonds. The van der Waals surface area contributed by atoms with Crippen LogP contribution >= 0.6 is 11.3 Å². The quantitative estimate of drug-likeness (QED) is 0.940. The van der Waals surface area contributed by atoms with Gasteiger partial charge in [0.15, 0.2) is 0 Å². The molecular weight excluding hydrogens is 306 g/mol. The Morgan fingerprint density at radius 2 is 2.05 bits per heavy atom. The van der Waals surface area contributed by atoms with Crippen molar-refractivity contribution in [3.8, 4) is 0 Å². The van der Waals surface area contributed by atoms with Crippen LogP contribution in [0.3, 0.4) is 0 Å². The average Bonchev–Trinajstić information content (AvgIpc) is 3.18. The summed E-state index contributed by atoms with van der Waals surface area (Å²) in [4.78, 5) is 0.970. The van der Waals surface area contributed by atoms with Crippen molar-refractivity contribution in [2.24, 2.45) is 0 Å². The molecule has 112 valence electrons. The zero-order chi connectivity index (χ0) is 14.9. The van der Waals surface area contributed by atoms with Gasteiger partial charge in [-0.25, -0.2) is 8.42 Å². The SMILES string of the molecule is O=S(=O)(c1csc(CO)c1)N1CCC(c2ccccc2)C1. The molecule has 1 N–H and O–H groups in total. The van der Waals surface area contributed by atoms with Crippen LogP contribution in [-0.2, 0) is 16.6 Å². The third kappa shape index (κ3) is 2.89. The lowest BCUT2D eigenvalue weighted by Gasteiger charge is -2.15. The lowest BCUT2D eigenvalue weighted by molar-refractivity contribution is 0.285. The maximum atomic E-state index is 12.6. The molecule has 21 heavy (non-hydrogen) atoms. The number of aliphatic hydroxyl groups is 1. The van der Waals surface area contributed by atoms with E-state index in [4.69, 9.17) is 5.11 Å². The molecule has 2 heterocycles. The fraction of sp³-hybridized carbons (Fsp3) is 0.333. The van der Waals surface area contributed by atoms with E-state index in [1.54, 1.807) is 15.8 Å². The van der Waals surface area contributed by atoms with Crippen LogP contribution in [0.1, 0.15) is 22.8 Å². The van der Waals surface area contributed by atoms with E-state index in [0.29, 0.717) is 22.9 Å². The number of hydrogen-bond acceptors (Lipinski definition) is 4. The van der Waals surface area contributed by atoms with Crippen molar-refractivity contribution >= 4 is 21.4 Å². The Hall–Kier alpha value is -1.21. The van der Waals surface area contributed by atoms with E-state index >= 15 is 0 Å². The maximum absolute atomic E-state index is 12.6. The van der Waals surface area contributed by atoms with Gasteiger partial charge in [-0.15, -0.1) is 11.3 Å². The molecule has 4 nitrogen and oxygen atoms in total. The smallest absolute Gasteiger partial charge is 0.243 e. The van der Waals surface area contributed by atoms with E-state index in [0.717, 1.165) is 6.42 Å². The Bertz CT molecular complexity index is 710. The first-order valence-electron chi connectivity index (χ1n) is 6.84. The van der Waals surface area contributed by atoms with E-state index in [1.165, 1.54) is 16.9 Å². The molecule has 1 aromatic heterocycles. The largest absolute Gasteiger partial charge is 0.391 e. The molecule has 0 radical (unpaired) electrons. The minimum Gasteiger partial charge on any atom is -0.391 e. The van der Waals surface area contributed by atoms with Crippen molar-refractivity contribution in [2.75, 3.05) is 13.1 Å². The summed E-state index contributed by atoms with van der Waals surface area (Å²) in [5, 5.41) is 10.7. The fourth-order valence-electron chi connectivity index (χ4n) is 2.67. The molecule has 3 rings (SSSR count). The lowest BCUT2D eigenvalue weighted by Crippen LogP contribution is -2.28. The second kappa shape index (κ2) is 5.88. The zero-order valence-electron chi connectivity index (χ0n) is 11.5. The normalized spacial score (nSPS) is 20.0. The molecule has 1 unspecified atom stereocenters. The molecule has 1 aromatic carbocycles. The van der Waals surface area contributed by atoms with Crippen LogP contribution in [0.4, 0.5) is 0 Å². The minimum absolute atomic E-state index is 0.118. The van der Waals surface area contributed by atoms with Crippen LogP contribution in [-0.4, -0.2) is 30.9 Å². The Labute approximate surface area is 128 Å². The van der Waals surface area contributed by atoms with Crippen LogP contribution < -0.4 is 0 Å². The second-order valence-electron chi connectivity index (χ2n) is 5.17. The summed E-state index contributed by atoms with van der Waals surface area (Å²) in [6.45, 7) is 0.954. The highest BCUT2D eigenvalue weighted by atomic mass is 32.2. The number of thiophene rings is 1. The molecule has 0 aliphatic carbocycles. The molecular formula is C15H17NO3S2. The summed E-state index contributed by atoms with van der Waals surface area (Å²) in [7, 11) is -3.44. The average molecular weight is 323 g/mol. The molecule has 6 heteroatoms. The van der Waals surface area contributed by atoms with Gasteiger partial charge in [0.25, 0.3) is 0 Å². The summed E-state index contributed by atoms with van der Waals surface area (Å²) >= 11 is 1.28. The third-order valence-corrected chi connectivity index (χ3v) is 6.76. The van der Waals surface area contributed by atoms with Crippen LogP contribution in [0.2, 0.25) is 0 Å². The van der Waals surface area contributed by atoms with Gasteiger partial charge < -0.3 is 5.11 Å². The van der Waals surface area contributed by atoms with Crippen LogP contribution in [0, 0.1) is 0 Å². The van der Waals surface area contributed by atoms with Crippen molar-refractivity contribution in [1.29, 1.82) is 0 Å². The summed E-state index contributed by atoms with van der Waals surface area (Å²) < 4.78 is 26.7. The Kier molecular flexibility index (Phi) is 4.12. The summed E-state index contributed by atoms with van der Waals surface area (Å²) in [6, 6.07) is 11.6. The molecule has 0 spiro atoms. The fourth-order valence-corrected chi connectivity index (χ4v) is 5.29. The van der Waals surface area contributed by atoms with Crippen molar-refractivity contribution in [1.82, 2.24) is 4.31 Å². The molecule has 1 fully saturated rings. The summed E-state index contributed by atoms with van der Waals surface area (Å²) in [5.41, 5.74) is 1.19. The molecule has 1 aliphatic heterocycles. The zero-order valence-corrected chi connectivity index (χ0v) is 13.1. The van der Waals surface area contributed by atoms with E-state index in [9.17, 15) is 8.42 Å². The first-order chi connectivity index (χ1) is 10.1. The van der Waals surface area contributed by atoms with Crippen LogP contribution in [0.25, 0.3) is 0 Å². The van der Waals surface area contributed by atoms with Crippen molar-refractivity contribution in [2.45, 2.75) is 23.8 Å². The highest BCUT2D eigenvalue weighted by Crippen LogP contribution is 2.32. The Balaban J connectivity index is 1.79. The summed E-state index contributed by atoms with van der Waals surface area (Å²) in [5.74, 6) is 0.261. The highest BCUT2D eigenvalue weighted by molar-refractivity contribution is 7.89. The number of rotatable bonds is 4. The third-order valence-electron chi connectivity index (χ3n) is 3.85. The van der Waals surface area contributed by atoms with E-state index in [1.807, 2.05) is 18.2 Å². The highest BCUT2D eigenvalue weighted by Gasteiger charge is 2.33. The number of hydrogen-bond donors (Lipinski definition) is 1. The van der Waals surface area contributed by atoms with E-state index in [2.05, 4.69) is 12.1 Å². The van der Waals surface area contributed by atoms with Gasteiger partial charge in [0.2, 0.25) is 10.0 Å².